The number of carbonyl (C=O) groups excluding carboxylic acids is 1. The van der Waals surface area contributed by atoms with Crippen LogP contribution in [-0.2, 0) is 17.8 Å². The van der Waals surface area contributed by atoms with Gasteiger partial charge in [-0.1, -0.05) is 24.3 Å². The lowest BCUT2D eigenvalue weighted by Gasteiger charge is -2.46. The van der Waals surface area contributed by atoms with E-state index in [1.807, 2.05) is 30.5 Å². The SMILES string of the molecule is CC1Cc2c(CN3CCCC4(CCN(c5cnc6ccccc6n5)CC4)C3=O)cccc2N1. The molecule has 0 aliphatic carbocycles. The van der Waals surface area contributed by atoms with E-state index < -0.39 is 0 Å². The molecule has 2 aromatic carbocycles. The van der Waals surface area contributed by atoms with Gasteiger partial charge in [0.25, 0.3) is 0 Å². The first kappa shape index (κ1) is 20.5. The van der Waals surface area contributed by atoms with Crippen molar-refractivity contribution < 1.29 is 4.79 Å². The van der Waals surface area contributed by atoms with E-state index in [2.05, 4.69) is 45.2 Å². The first-order chi connectivity index (χ1) is 16.1. The molecule has 6 rings (SSSR count). The van der Waals surface area contributed by atoms with Crippen molar-refractivity contribution >= 4 is 28.4 Å². The van der Waals surface area contributed by atoms with Gasteiger partial charge in [-0.05, 0) is 68.4 Å². The Bertz CT molecular complexity index is 1200. The van der Waals surface area contributed by atoms with E-state index in [1.54, 1.807) is 0 Å². The number of amides is 1. The zero-order valence-corrected chi connectivity index (χ0v) is 19.3. The number of likely N-dealkylation sites (tertiary alicyclic amines) is 1. The molecule has 4 heterocycles. The van der Waals surface area contributed by atoms with E-state index in [4.69, 9.17) is 4.98 Å². The number of anilines is 2. The van der Waals surface area contributed by atoms with Gasteiger partial charge in [-0.25, -0.2) is 4.98 Å². The highest BCUT2D eigenvalue weighted by molar-refractivity contribution is 5.84. The summed E-state index contributed by atoms with van der Waals surface area (Å²) in [5, 5.41) is 3.55. The summed E-state index contributed by atoms with van der Waals surface area (Å²) in [6.45, 7) is 5.53. The molecule has 0 bridgehead atoms. The van der Waals surface area contributed by atoms with Crippen LogP contribution >= 0.6 is 0 Å². The molecule has 3 aliphatic rings. The number of fused-ring (bicyclic) bond motifs is 2. The molecule has 6 heteroatoms. The Balaban J connectivity index is 1.17. The largest absolute Gasteiger partial charge is 0.382 e. The average Bonchev–Trinajstić information content (AvgIpc) is 3.23. The number of hydrogen-bond acceptors (Lipinski definition) is 5. The predicted octanol–water partition coefficient (Wildman–Crippen LogP) is 4.40. The summed E-state index contributed by atoms with van der Waals surface area (Å²) < 4.78 is 0. The third-order valence-corrected chi connectivity index (χ3v) is 7.85. The Labute approximate surface area is 195 Å². The van der Waals surface area contributed by atoms with Crippen LogP contribution in [0.4, 0.5) is 11.5 Å². The Morgan fingerprint density at radius 1 is 1.03 bits per heavy atom. The van der Waals surface area contributed by atoms with E-state index in [0.29, 0.717) is 11.9 Å². The van der Waals surface area contributed by atoms with E-state index in [-0.39, 0.29) is 5.41 Å². The number of nitrogens with zero attached hydrogens (tertiary/aromatic N) is 4. The fourth-order valence-corrected chi connectivity index (χ4v) is 6.02. The molecule has 1 aromatic heterocycles. The summed E-state index contributed by atoms with van der Waals surface area (Å²) in [5.41, 5.74) is 5.56. The second-order valence-corrected chi connectivity index (χ2v) is 10.0. The summed E-state index contributed by atoms with van der Waals surface area (Å²) in [4.78, 5) is 27.6. The number of para-hydroxylation sites is 2. The van der Waals surface area contributed by atoms with Crippen molar-refractivity contribution in [1.29, 1.82) is 0 Å². The number of nitrogens with one attached hydrogen (secondary N) is 1. The first-order valence-corrected chi connectivity index (χ1v) is 12.2. The summed E-state index contributed by atoms with van der Waals surface area (Å²) in [7, 11) is 0. The maximum Gasteiger partial charge on any atom is 0.229 e. The molecule has 33 heavy (non-hydrogen) atoms. The second kappa shape index (κ2) is 8.01. The van der Waals surface area contributed by atoms with Crippen LogP contribution < -0.4 is 10.2 Å². The Hall–Kier alpha value is -3.15. The van der Waals surface area contributed by atoms with Gasteiger partial charge in [0.15, 0.2) is 0 Å². The molecule has 1 amide bonds. The van der Waals surface area contributed by atoms with Crippen molar-refractivity contribution in [2.75, 3.05) is 29.9 Å². The molecular formula is C27H31N5O. The van der Waals surface area contributed by atoms with Crippen LogP contribution in [-0.4, -0.2) is 46.5 Å². The van der Waals surface area contributed by atoms with Crippen molar-refractivity contribution in [3.05, 3.63) is 59.8 Å². The number of piperidine rings is 2. The predicted molar refractivity (Wildman–Crippen MR) is 131 cm³/mol. The van der Waals surface area contributed by atoms with Gasteiger partial charge in [0, 0.05) is 37.9 Å². The average molecular weight is 442 g/mol. The number of benzene rings is 2. The minimum Gasteiger partial charge on any atom is -0.382 e. The molecule has 1 N–H and O–H groups in total. The van der Waals surface area contributed by atoms with Crippen molar-refractivity contribution in [1.82, 2.24) is 14.9 Å². The number of rotatable bonds is 3. The van der Waals surface area contributed by atoms with Crippen LogP contribution in [0.5, 0.6) is 0 Å². The second-order valence-electron chi connectivity index (χ2n) is 10.0. The Morgan fingerprint density at radius 2 is 1.85 bits per heavy atom. The van der Waals surface area contributed by atoms with Crippen LogP contribution in [0.3, 0.4) is 0 Å². The van der Waals surface area contributed by atoms with E-state index in [0.717, 1.165) is 75.1 Å². The minimum atomic E-state index is -0.220. The molecule has 0 saturated carbocycles. The van der Waals surface area contributed by atoms with Crippen molar-refractivity contribution in [2.24, 2.45) is 5.41 Å². The summed E-state index contributed by atoms with van der Waals surface area (Å²) >= 11 is 0. The van der Waals surface area contributed by atoms with Gasteiger partial charge < -0.3 is 15.1 Å². The highest BCUT2D eigenvalue weighted by atomic mass is 16.2. The maximum absolute atomic E-state index is 13.8. The van der Waals surface area contributed by atoms with Crippen LogP contribution in [0.25, 0.3) is 11.0 Å². The summed E-state index contributed by atoms with van der Waals surface area (Å²) in [5.74, 6) is 1.28. The monoisotopic (exact) mass is 441 g/mol. The normalized spacial score (nSPS) is 22.0. The maximum atomic E-state index is 13.8. The molecule has 170 valence electrons. The fraction of sp³-hybridized carbons (Fsp3) is 0.444. The third-order valence-electron chi connectivity index (χ3n) is 7.85. The summed E-state index contributed by atoms with van der Waals surface area (Å²) in [6.07, 6.45) is 6.79. The van der Waals surface area contributed by atoms with Crippen LogP contribution in [0.2, 0.25) is 0 Å². The van der Waals surface area contributed by atoms with Crippen LogP contribution in [0.15, 0.2) is 48.7 Å². The first-order valence-electron chi connectivity index (χ1n) is 12.2. The summed E-state index contributed by atoms with van der Waals surface area (Å²) in [6, 6.07) is 14.9. The lowest BCUT2D eigenvalue weighted by atomic mass is 9.71. The van der Waals surface area contributed by atoms with Crippen LogP contribution in [0.1, 0.15) is 43.7 Å². The molecule has 1 unspecified atom stereocenters. The minimum absolute atomic E-state index is 0.220. The van der Waals surface area contributed by atoms with Gasteiger partial charge in [-0.2, -0.15) is 0 Å². The molecule has 3 aliphatic heterocycles. The number of aromatic nitrogens is 2. The molecule has 2 fully saturated rings. The fourth-order valence-electron chi connectivity index (χ4n) is 6.02. The molecule has 3 aromatic rings. The lowest BCUT2D eigenvalue weighted by molar-refractivity contribution is -0.148. The van der Waals surface area contributed by atoms with Gasteiger partial charge in [0.05, 0.1) is 22.6 Å². The van der Waals surface area contributed by atoms with Crippen molar-refractivity contribution in [2.45, 2.75) is 51.6 Å². The number of hydrogen-bond donors (Lipinski definition) is 1. The molecule has 1 atom stereocenters. The van der Waals surface area contributed by atoms with Gasteiger partial charge >= 0.3 is 0 Å². The quantitative estimate of drug-likeness (QED) is 0.653. The smallest absolute Gasteiger partial charge is 0.229 e. The number of carbonyl (C=O) groups is 1. The lowest BCUT2D eigenvalue weighted by Crippen LogP contribution is -2.53. The highest BCUT2D eigenvalue weighted by Gasteiger charge is 2.46. The van der Waals surface area contributed by atoms with Gasteiger partial charge in [-0.15, -0.1) is 0 Å². The standard InChI is InChI=1S/C27H31N5O/c1-19-16-21-20(6-4-9-22(21)29-19)18-32-13-5-10-27(26(32)33)11-14-31(15-12-27)25-17-28-23-7-2-3-8-24(23)30-25/h2-4,6-9,17,19,29H,5,10-16,18H2,1H3. The Morgan fingerprint density at radius 3 is 2.70 bits per heavy atom. The molecule has 6 nitrogen and oxygen atoms in total. The Kier molecular flexibility index (Phi) is 4.97. The molecule has 0 radical (unpaired) electrons. The van der Waals surface area contributed by atoms with Crippen molar-refractivity contribution in [3.63, 3.8) is 0 Å². The molecular weight excluding hydrogens is 410 g/mol. The third kappa shape index (κ3) is 3.62. The highest BCUT2D eigenvalue weighted by Crippen LogP contribution is 2.42. The van der Waals surface area contributed by atoms with E-state index in [1.165, 1.54) is 16.8 Å². The van der Waals surface area contributed by atoms with Crippen LogP contribution in [0, 0.1) is 5.41 Å². The van der Waals surface area contributed by atoms with Crippen molar-refractivity contribution in [3.8, 4) is 0 Å². The van der Waals surface area contributed by atoms with E-state index >= 15 is 0 Å². The topological polar surface area (TPSA) is 61.4 Å². The van der Waals surface area contributed by atoms with Gasteiger partial charge in [0.2, 0.25) is 5.91 Å². The zero-order valence-electron chi connectivity index (χ0n) is 19.3. The van der Waals surface area contributed by atoms with E-state index in [9.17, 15) is 4.79 Å². The van der Waals surface area contributed by atoms with Gasteiger partial charge in [0.1, 0.15) is 5.82 Å². The van der Waals surface area contributed by atoms with Gasteiger partial charge in [-0.3, -0.25) is 9.78 Å². The molecule has 2 saturated heterocycles. The molecule has 1 spiro atoms. The zero-order chi connectivity index (χ0) is 22.4.